The van der Waals surface area contributed by atoms with E-state index < -0.39 is 5.97 Å². The number of aromatic carboxylic acids is 1. The normalized spacial score (nSPS) is 10.9. The monoisotopic (exact) mass is 304 g/mol. The Kier molecular flexibility index (Phi) is 3.48. The van der Waals surface area contributed by atoms with Gasteiger partial charge in [-0.2, -0.15) is 5.10 Å². The van der Waals surface area contributed by atoms with Gasteiger partial charge in [0, 0.05) is 29.4 Å². The largest absolute Gasteiger partial charge is 0.476 e. The standard InChI is InChI=1S/C12H12N6O2S/c1-2-17-5-8(3-14-17)11-10(12(19)20)15-16-18(11)6-9-4-13-7-21-9/h3-5,7H,2,6H2,1H3,(H,19,20). The molecule has 0 aliphatic rings. The van der Waals surface area contributed by atoms with Crippen LogP contribution in [0.2, 0.25) is 0 Å². The molecular formula is C12H12N6O2S. The average molecular weight is 304 g/mol. The summed E-state index contributed by atoms with van der Waals surface area (Å²) in [5, 5.41) is 21.2. The fourth-order valence-electron chi connectivity index (χ4n) is 1.98. The average Bonchev–Trinajstić information content (AvgIpc) is 3.18. The summed E-state index contributed by atoms with van der Waals surface area (Å²) in [4.78, 5) is 16.3. The van der Waals surface area contributed by atoms with Crippen LogP contribution in [-0.4, -0.2) is 40.8 Å². The predicted octanol–water partition coefficient (Wildman–Crippen LogP) is 1.36. The zero-order valence-electron chi connectivity index (χ0n) is 11.2. The van der Waals surface area contributed by atoms with Crippen molar-refractivity contribution in [2.24, 2.45) is 0 Å². The van der Waals surface area contributed by atoms with Crippen molar-refractivity contribution in [2.45, 2.75) is 20.0 Å². The maximum atomic E-state index is 11.3. The van der Waals surface area contributed by atoms with Gasteiger partial charge in [-0.3, -0.25) is 9.67 Å². The highest BCUT2D eigenvalue weighted by molar-refractivity contribution is 7.09. The molecule has 0 spiro atoms. The van der Waals surface area contributed by atoms with Crippen LogP contribution >= 0.6 is 11.3 Å². The number of carboxylic acid groups (broad SMARTS) is 1. The zero-order valence-corrected chi connectivity index (χ0v) is 12.0. The van der Waals surface area contributed by atoms with Gasteiger partial charge in [-0.1, -0.05) is 5.21 Å². The molecule has 0 aliphatic heterocycles. The van der Waals surface area contributed by atoms with Crippen LogP contribution < -0.4 is 0 Å². The van der Waals surface area contributed by atoms with Gasteiger partial charge < -0.3 is 5.11 Å². The Labute approximate surface area is 123 Å². The van der Waals surface area contributed by atoms with Gasteiger partial charge in [-0.25, -0.2) is 9.48 Å². The molecule has 0 unspecified atom stereocenters. The number of nitrogens with zero attached hydrogens (tertiary/aromatic N) is 6. The molecule has 3 aromatic heterocycles. The van der Waals surface area contributed by atoms with Gasteiger partial charge in [0.15, 0.2) is 5.69 Å². The Morgan fingerprint density at radius 2 is 2.29 bits per heavy atom. The van der Waals surface area contributed by atoms with Gasteiger partial charge in [-0.15, -0.1) is 16.4 Å². The van der Waals surface area contributed by atoms with Crippen molar-refractivity contribution in [3.63, 3.8) is 0 Å². The number of aryl methyl sites for hydroxylation is 1. The van der Waals surface area contributed by atoms with E-state index in [2.05, 4.69) is 20.4 Å². The summed E-state index contributed by atoms with van der Waals surface area (Å²) in [7, 11) is 0. The Hall–Kier alpha value is -2.55. The quantitative estimate of drug-likeness (QED) is 0.764. The number of carboxylic acids is 1. The van der Waals surface area contributed by atoms with Crippen molar-refractivity contribution in [1.29, 1.82) is 0 Å². The van der Waals surface area contributed by atoms with E-state index in [0.29, 0.717) is 24.3 Å². The minimum absolute atomic E-state index is 0.0739. The van der Waals surface area contributed by atoms with Gasteiger partial charge in [-0.05, 0) is 6.92 Å². The Morgan fingerprint density at radius 3 is 2.90 bits per heavy atom. The van der Waals surface area contributed by atoms with Gasteiger partial charge >= 0.3 is 5.97 Å². The van der Waals surface area contributed by atoms with Crippen LogP contribution in [0, 0.1) is 0 Å². The molecule has 0 aromatic carbocycles. The highest BCUT2D eigenvalue weighted by Crippen LogP contribution is 2.23. The first-order chi connectivity index (χ1) is 10.2. The molecule has 0 radical (unpaired) electrons. The van der Waals surface area contributed by atoms with Crippen molar-refractivity contribution >= 4 is 17.3 Å². The third-order valence-corrected chi connectivity index (χ3v) is 3.72. The molecule has 1 N–H and O–H groups in total. The lowest BCUT2D eigenvalue weighted by Gasteiger charge is -2.03. The summed E-state index contributed by atoms with van der Waals surface area (Å²) in [6.07, 6.45) is 5.14. The van der Waals surface area contributed by atoms with Gasteiger partial charge in [0.05, 0.1) is 18.3 Å². The maximum Gasteiger partial charge on any atom is 0.358 e. The summed E-state index contributed by atoms with van der Waals surface area (Å²) in [6.45, 7) is 3.10. The maximum absolute atomic E-state index is 11.3. The van der Waals surface area contributed by atoms with Gasteiger partial charge in [0.25, 0.3) is 0 Å². The molecule has 3 aromatic rings. The number of carbonyl (C=O) groups is 1. The number of hydrogen-bond acceptors (Lipinski definition) is 6. The summed E-state index contributed by atoms with van der Waals surface area (Å²) in [5.74, 6) is -1.11. The van der Waals surface area contributed by atoms with Crippen molar-refractivity contribution < 1.29 is 9.90 Å². The van der Waals surface area contributed by atoms with E-state index in [1.165, 1.54) is 11.3 Å². The van der Waals surface area contributed by atoms with Crippen molar-refractivity contribution in [1.82, 2.24) is 29.8 Å². The summed E-state index contributed by atoms with van der Waals surface area (Å²) in [6, 6.07) is 0. The SMILES string of the molecule is CCn1cc(-c2c(C(=O)O)nnn2Cc2cncs2)cn1. The molecule has 3 heterocycles. The molecule has 0 amide bonds. The van der Waals surface area contributed by atoms with E-state index >= 15 is 0 Å². The zero-order chi connectivity index (χ0) is 14.8. The molecule has 0 aliphatic carbocycles. The van der Waals surface area contributed by atoms with E-state index in [9.17, 15) is 9.90 Å². The van der Waals surface area contributed by atoms with Crippen molar-refractivity contribution in [3.8, 4) is 11.3 Å². The highest BCUT2D eigenvalue weighted by atomic mass is 32.1. The number of aromatic nitrogens is 6. The van der Waals surface area contributed by atoms with E-state index in [-0.39, 0.29) is 5.69 Å². The lowest BCUT2D eigenvalue weighted by Crippen LogP contribution is -2.05. The van der Waals surface area contributed by atoms with Gasteiger partial charge in [0.1, 0.15) is 5.69 Å². The third-order valence-electron chi connectivity index (χ3n) is 2.96. The molecule has 0 fully saturated rings. The summed E-state index contributed by atoms with van der Waals surface area (Å²) in [5.41, 5.74) is 2.79. The molecule has 21 heavy (non-hydrogen) atoms. The van der Waals surface area contributed by atoms with E-state index in [4.69, 9.17) is 0 Å². The van der Waals surface area contributed by atoms with Crippen LogP contribution in [0.15, 0.2) is 24.1 Å². The van der Waals surface area contributed by atoms with Crippen molar-refractivity contribution in [3.05, 3.63) is 34.7 Å². The topological polar surface area (TPSA) is 98.7 Å². The molecule has 9 heteroatoms. The first-order valence-corrected chi connectivity index (χ1v) is 7.14. The third kappa shape index (κ3) is 2.55. The second-order valence-electron chi connectivity index (χ2n) is 4.30. The fourth-order valence-corrected chi connectivity index (χ4v) is 2.56. The first kappa shape index (κ1) is 13.4. The molecule has 0 atom stereocenters. The van der Waals surface area contributed by atoms with Crippen LogP contribution in [0.4, 0.5) is 0 Å². The highest BCUT2D eigenvalue weighted by Gasteiger charge is 2.22. The molecule has 8 nitrogen and oxygen atoms in total. The molecule has 0 bridgehead atoms. The van der Waals surface area contributed by atoms with Gasteiger partial charge in [0.2, 0.25) is 0 Å². The Balaban J connectivity index is 2.06. The lowest BCUT2D eigenvalue weighted by molar-refractivity contribution is 0.0691. The lowest BCUT2D eigenvalue weighted by atomic mass is 10.2. The van der Waals surface area contributed by atoms with Crippen LogP contribution in [0.25, 0.3) is 11.3 Å². The number of hydrogen-bond donors (Lipinski definition) is 1. The molecule has 108 valence electrons. The summed E-state index contributed by atoms with van der Waals surface area (Å²) >= 11 is 1.48. The van der Waals surface area contributed by atoms with E-state index in [0.717, 1.165) is 4.88 Å². The number of rotatable bonds is 5. The fraction of sp³-hybridized carbons (Fsp3) is 0.250. The molecule has 0 saturated carbocycles. The Morgan fingerprint density at radius 1 is 1.43 bits per heavy atom. The Bertz CT molecular complexity index is 761. The van der Waals surface area contributed by atoms with E-state index in [1.54, 1.807) is 33.5 Å². The second kappa shape index (κ2) is 5.44. The molecule has 3 rings (SSSR count). The van der Waals surface area contributed by atoms with Crippen molar-refractivity contribution in [2.75, 3.05) is 0 Å². The molecule has 0 saturated heterocycles. The van der Waals surface area contributed by atoms with Crippen LogP contribution in [0.3, 0.4) is 0 Å². The summed E-state index contributed by atoms with van der Waals surface area (Å²) < 4.78 is 3.29. The number of thiazole rings is 1. The second-order valence-corrected chi connectivity index (χ2v) is 5.27. The first-order valence-electron chi connectivity index (χ1n) is 6.26. The smallest absolute Gasteiger partial charge is 0.358 e. The van der Waals surface area contributed by atoms with Crippen LogP contribution in [0.1, 0.15) is 22.3 Å². The molecular weight excluding hydrogens is 292 g/mol. The minimum atomic E-state index is -1.11. The van der Waals surface area contributed by atoms with E-state index in [1.807, 2.05) is 6.92 Å². The van der Waals surface area contributed by atoms with Crippen LogP contribution in [-0.2, 0) is 13.1 Å². The minimum Gasteiger partial charge on any atom is -0.476 e. The predicted molar refractivity (Wildman–Crippen MR) is 75.1 cm³/mol. The van der Waals surface area contributed by atoms with Crippen LogP contribution in [0.5, 0.6) is 0 Å².